The number of halogens is 2. The molecule has 1 nitrogen and oxygen atoms in total. The van der Waals surface area contributed by atoms with Gasteiger partial charge < -0.3 is 4.74 Å². The Morgan fingerprint density at radius 3 is 2.25 bits per heavy atom. The lowest BCUT2D eigenvalue weighted by atomic mass is 10.1. The molecule has 0 radical (unpaired) electrons. The fourth-order valence-electron chi connectivity index (χ4n) is 1.05. The van der Waals surface area contributed by atoms with E-state index in [0.29, 0.717) is 4.61 Å². The zero-order chi connectivity index (χ0) is 9.14. The van der Waals surface area contributed by atoms with Crippen LogP contribution >= 0.6 is 38.5 Å². The molecule has 0 spiro atoms. The van der Waals surface area contributed by atoms with E-state index < -0.39 is 0 Å². The lowest BCUT2D eigenvalue weighted by molar-refractivity contribution is 0.403. The summed E-state index contributed by atoms with van der Waals surface area (Å²) in [6.45, 7) is 4.13. The van der Waals surface area contributed by atoms with E-state index in [1.807, 2.05) is 12.1 Å². The fraction of sp³-hybridized carbons (Fsp3) is 0.333. The number of alkyl halides is 1. The van der Waals surface area contributed by atoms with Crippen LogP contribution < -0.4 is 4.74 Å². The molecule has 3 heteroatoms. The van der Waals surface area contributed by atoms with E-state index in [-0.39, 0.29) is 0 Å². The molecule has 0 unspecified atom stereocenters. The third-order valence-electron chi connectivity index (χ3n) is 1.63. The monoisotopic (exact) mass is 340 g/mol. The van der Waals surface area contributed by atoms with Gasteiger partial charge in [0.05, 0.1) is 0 Å². The summed E-state index contributed by atoms with van der Waals surface area (Å²) in [6.07, 6.45) is 0. The van der Waals surface area contributed by atoms with E-state index in [9.17, 15) is 0 Å². The Bertz CT molecular complexity index is 263. The van der Waals surface area contributed by atoms with Crippen LogP contribution in [-0.4, -0.2) is 4.61 Å². The van der Waals surface area contributed by atoms with Crippen LogP contribution in [0, 0.1) is 13.8 Å². The first-order valence-electron chi connectivity index (χ1n) is 3.60. The molecular formula is C9H10BrIO. The standard InChI is InChI=1S/C9H10BrIO/c1-6-3-8(12-5-11)4-7(2)9(6)10/h3-4H,5H2,1-2H3. The molecule has 1 aromatic rings. The molecular weight excluding hydrogens is 331 g/mol. The van der Waals surface area contributed by atoms with Gasteiger partial charge in [0, 0.05) is 4.47 Å². The van der Waals surface area contributed by atoms with Crippen LogP contribution in [-0.2, 0) is 0 Å². The van der Waals surface area contributed by atoms with Crippen LogP contribution in [0.3, 0.4) is 0 Å². The number of benzene rings is 1. The lowest BCUT2D eigenvalue weighted by Crippen LogP contribution is -1.91. The molecule has 1 aromatic carbocycles. The second kappa shape index (κ2) is 4.46. The first-order chi connectivity index (χ1) is 5.65. The summed E-state index contributed by atoms with van der Waals surface area (Å²) >= 11 is 5.70. The largest absolute Gasteiger partial charge is 0.483 e. The average Bonchev–Trinajstić information content (AvgIpc) is 2.01. The minimum atomic E-state index is 0.693. The topological polar surface area (TPSA) is 9.23 Å². The molecule has 0 bridgehead atoms. The van der Waals surface area contributed by atoms with Crippen molar-refractivity contribution in [1.82, 2.24) is 0 Å². The second-order valence-electron chi connectivity index (χ2n) is 2.62. The number of ether oxygens (including phenoxy) is 1. The summed E-state index contributed by atoms with van der Waals surface area (Å²) in [7, 11) is 0. The highest BCUT2D eigenvalue weighted by Gasteiger charge is 2.01. The van der Waals surface area contributed by atoms with E-state index in [1.54, 1.807) is 0 Å². The molecule has 0 aliphatic carbocycles. The molecule has 12 heavy (non-hydrogen) atoms. The van der Waals surface area contributed by atoms with Crippen LogP contribution in [0.15, 0.2) is 16.6 Å². The van der Waals surface area contributed by atoms with Gasteiger partial charge in [-0.2, -0.15) is 0 Å². The average molecular weight is 341 g/mol. The molecule has 0 aromatic heterocycles. The van der Waals surface area contributed by atoms with Crippen molar-refractivity contribution in [1.29, 1.82) is 0 Å². The normalized spacial score (nSPS) is 10.0. The summed E-state index contributed by atoms with van der Waals surface area (Å²) in [5.41, 5.74) is 2.43. The molecule has 0 saturated carbocycles. The van der Waals surface area contributed by atoms with Crippen molar-refractivity contribution in [2.75, 3.05) is 4.61 Å². The Morgan fingerprint density at radius 2 is 1.83 bits per heavy atom. The molecule has 0 fully saturated rings. The van der Waals surface area contributed by atoms with Gasteiger partial charge in [-0.25, -0.2) is 0 Å². The van der Waals surface area contributed by atoms with E-state index in [1.165, 1.54) is 15.6 Å². The Hall–Kier alpha value is 0.230. The molecule has 0 heterocycles. The molecule has 0 aliphatic rings. The van der Waals surface area contributed by atoms with E-state index in [2.05, 4.69) is 52.4 Å². The maximum atomic E-state index is 5.39. The first-order valence-corrected chi connectivity index (χ1v) is 5.92. The quantitative estimate of drug-likeness (QED) is 0.587. The highest BCUT2D eigenvalue weighted by atomic mass is 127. The zero-order valence-electron chi connectivity index (χ0n) is 7.03. The van der Waals surface area contributed by atoms with Gasteiger partial charge >= 0.3 is 0 Å². The van der Waals surface area contributed by atoms with Crippen molar-refractivity contribution in [2.45, 2.75) is 13.8 Å². The lowest BCUT2D eigenvalue weighted by Gasteiger charge is -2.07. The summed E-state index contributed by atoms with van der Waals surface area (Å²) in [5.74, 6) is 0.947. The summed E-state index contributed by atoms with van der Waals surface area (Å²) in [5, 5.41) is 0. The van der Waals surface area contributed by atoms with E-state index in [0.717, 1.165) is 5.75 Å². The maximum Gasteiger partial charge on any atom is 0.139 e. The first kappa shape index (κ1) is 10.3. The minimum Gasteiger partial charge on any atom is -0.483 e. The van der Waals surface area contributed by atoms with Crippen molar-refractivity contribution in [2.24, 2.45) is 0 Å². The predicted octanol–water partition coefficient (Wildman–Crippen LogP) is 3.84. The predicted molar refractivity (Wildman–Crippen MR) is 63.1 cm³/mol. The van der Waals surface area contributed by atoms with Crippen molar-refractivity contribution in [3.63, 3.8) is 0 Å². The SMILES string of the molecule is Cc1cc(OCI)cc(C)c1Br. The summed E-state index contributed by atoms with van der Waals surface area (Å²) in [6, 6.07) is 4.07. The van der Waals surface area contributed by atoms with Crippen molar-refractivity contribution in [3.05, 3.63) is 27.7 Å². The summed E-state index contributed by atoms with van der Waals surface area (Å²) in [4.78, 5) is 0. The van der Waals surface area contributed by atoms with E-state index >= 15 is 0 Å². The smallest absolute Gasteiger partial charge is 0.139 e. The van der Waals surface area contributed by atoms with Crippen LogP contribution in [0.1, 0.15) is 11.1 Å². The van der Waals surface area contributed by atoms with Gasteiger partial charge in [-0.15, -0.1) is 0 Å². The van der Waals surface area contributed by atoms with Gasteiger partial charge in [0.2, 0.25) is 0 Å². The molecule has 1 rings (SSSR count). The second-order valence-corrected chi connectivity index (χ2v) is 4.04. The zero-order valence-corrected chi connectivity index (χ0v) is 10.8. The number of rotatable bonds is 2. The van der Waals surface area contributed by atoms with Crippen LogP contribution in [0.4, 0.5) is 0 Å². The van der Waals surface area contributed by atoms with Crippen LogP contribution in [0.5, 0.6) is 5.75 Å². The van der Waals surface area contributed by atoms with Gasteiger partial charge in [-0.05, 0) is 59.7 Å². The highest BCUT2D eigenvalue weighted by molar-refractivity contribution is 14.1. The number of hydrogen-bond donors (Lipinski definition) is 0. The molecule has 0 aliphatic heterocycles. The molecule has 66 valence electrons. The third-order valence-corrected chi connectivity index (χ3v) is 3.19. The highest BCUT2D eigenvalue weighted by Crippen LogP contribution is 2.26. The minimum absolute atomic E-state index is 0.693. The molecule has 0 atom stereocenters. The van der Waals surface area contributed by atoms with Crippen LogP contribution in [0.25, 0.3) is 0 Å². The van der Waals surface area contributed by atoms with E-state index in [4.69, 9.17) is 4.74 Å². The maximum absolute atomic E-state index is 5.39. The van der Waals surface area contributed by atoms with Crippen molar-refractivity contribution < 1.29 is 4.74 Å². The van der Waals surface area contributed by atoms with Gasteiger partial charge in [0.25, 0.3) is 0 Å². The molecule has 0 amide bonds. The van der Waals surface area contributed by atoms with Crippen molar-refractivity contribution >= 4 is 38.5 Å². The Balaban J connectivity index is 3.04. The van der Waals surface area contributed by atoms with Gasteiger partial charge in [0.1, 0.15) is 10.4 Å². The fourth-order valence-corrected chi connectivity index (χ4v) is 1.64. The molecule has 0 saturated heterocycles. The van der Waals surface area contributed by atoms with Gasteiger partial charge in [-0.1, -0.05) is 15.9 Å². The van der Waals surface area contributed by atoms with Gasteiger partial charge in [0.15, 0.2) is 0 Å². The Kier molecular flexibility index (Phi) is 3.83. The number of aryl methyl sites for hydroxylation is 2. The third kappa shape index (κ3) is 2.36. The molecule has 0 N–H and O–H groups in total. The Morgan fingerprint density at radius 1 is 1.33 bits per heavy atom. The van der Waals surface area contributed by atoms with Crippen molar-refractivity contribution in [3.8, 4) is 5.75 Å². The van der Waals surface area contributed by atoms with Crippen LogP contribution in [0.2, 0.25) is 0 Å². The van der Waals surface area contributed by atoms with Gasteiger partial charge in [-0.3, -0.25) is 0 Å². The number of hydrogen-bond acceptors (Lipinski definition) is 1. The summed E-state index contributed by atoms with van der Waals surface area (Å²) < 4.78 is 7.25. The Labute approximate surface area is 94.8 Å².